The monoisotopic (exact) mass is 371 g/mol. The average Bonchev–Trinajstić information content (AvgIpc) is 3.17. The molecule has 1 amide bonds. The molecule has 1 aliphatic rings. The summed E-state index contributed by atoms with van der Waals surface area (Å²) in [5.74, 6) is 0. The van der Waals surface area contributed by atoms with Crippen LogP contribution in [0.5, 0.6) is 0 Å². The summed E-state index contributed by atoms with van der Waals surface area (Å²) in [6.45, 7) is 0. The molecular weight excluding hydrogens is 346 g/mol. The van der Waals surface area contributed by atoms with Crippen LogP contribution in [0, 0.1) is 10.1 Å². The number of nitro groups is 1. The van der Waals surface area contributed by atoms with Crippen LogP contribution in [0.1, 0.15) is 32.1 Å². The maximum Gasteiger partial charge on any atom is 0.329 e. The summed E-state index contributed by atoms with van der Waals surface area (Å²) >= 11 is 0. The molecule has 1 aromatic carbocycles. The maximum atomic E-state index is 12.7. The SMILES string of the molecule is CN(C)c1ccc(-c2cn(C(=O)N(C)C3CCCCC3)cn2)cc1[N+](=O)[O-]. The third-order valence-electron chi connectivity index (χ3n) is 5.18. The zero-order valence-electron chi connectivity index (χ0n) is 16.0. The lowest BCUT2D eigenvalue weighted by Gasteiger charge is -2.31. The second kappa shape index (κ2) is 7.77. The number of anilines is 1. The highest BCUT2D eigenvalue weighted by atomic mass is 16.6. The van der Waals surface area contributed by atoms with E-state index in [0.717, 1.165) is 25.7 Å². The number of nitrogens with zero attached hydrogens (tertiary/aromatic N) is 5. The number of nitro benzene ring substituents is 1. The van der Waals surface area contributed by atoms with Crippen LogP contribution >= 0.6 is 0 Å². The minimum absolute atomic E-state index is 0.0118. The number of carbonyl (C=O) groups is 1. The van der Waals surface area contributed by atoms with Crippen molar-refractivity contribution in [1.29, 1.82) is 0 Å². The Hall–Kier alpha value is -2.90. The zero-order chi connectivity index (χ0) is 19.6. The van der Waals surface area contributed by atoms with E-state index in [4.69, 9.17) is 0 Å². The van der Waals surface area contributed by atoms with Crippen LogP contribution in [0.3, 0.4) is 0 Å². The molecule has 144 valence electrons. The van der Waals surface area contributed by atoms with Crippen LogP contribution in [-0.4, -0.2) is 52.6 Å². The largest absolute Gasteiger partial charge is 0.372 e. The van der Waals surface area contributed by atoms with Gasteiger partial charge in [0.15, 0.2) is 0 Å². The normalized spacial score (nSPS) is 14.8. The van der Waals surface area contributed by atoms with Gasteiger partial charge in [-0.2, -0.15) is 0 Å². The minimum Gasteiger partial charge on any atom is -0.372 e. The van der Waals surface area contributed by atoms with Gasteiger partial charge in [-0.1, -0.05) is 25.3 Å². The predicted octanol–water partition coefficient (Wildman–Crippen LogP) is 3.76. The molecule has 1 fully saturated rings. The fourth-order valence-corrected chi connectivity index (χ4v) is 3.59. The smallest absolute Gasteiger partial charge is 0.329 e. The van der Waals surface area contributed by atoms with Gasteiger partial charge in [0.1, 0.15) is 12.0 Å². The van der Waals surface area contributed by atoms with Crippen LogP contribution in [0.25, 0.3) is 11.3 Å². The first-order chi connectivity index (χ1) is 12.9. The predicted molar refractivity (Wildman–Crippen MR) is 104 cm³/mol. The highest BCUT2D eigenvalue weighted by Crippen LogP contribution is 2.31. The van der Waals surface area contributed by atoms with Gasteiger partial charge in [0.2, 0.25) is 0 Å². The summed E-state index contributed by atoms with van der Waals surface area (Å²) < 4.78 is 1.45. The van der Waals surface area contributed by atoms with E-state index >= 15 is 0 Å². The van der Waals surface area contributed by atoms with Gasteiger partial charge in [-0.05, 0) is 18.9 Å². The first-order valence-corrected chi connectivity index (χ1v) is 9.15. The topological polar surface area (TPSA) is 84.5 Å². The Morgan fingerprint density at radius 2 is 1.93 bits per heavy atom. The van der Waals surface area contributed by atoms with E-state index in [9.17, 15) is 14.9 Å². The van der Waals surface area contributed by atoms with Crippen molar-refractivity contribution >= 4 is 17.4 Å². The van der Waals surface area contributed by atoms with Gasteiger partial charge in [0.05, 0.1) is 10.6 Å². The van der Waals surface area contributed by atoms with E-state index in [1.165, 1.54) is 23.4 Å². The van der Waals surface area contributed by atoms with Crippen LogP contribution in [0.2, 0.25) is 0 Å². The zero-order valence-corrected chi connectivity index (χ0v) is 16.0. The van der Waals surface area contributed by atoms with Crippen molar-refractivity contribution in [3.05, 3.63) is 40.8 Å². The molecule has 0 aliphatic heterocycles. The van der Waals surface area contributed by atoms with E-state index in [2.05, 4.69) is 4.98 Å². The van der Waals surface area contributed by atoms with Gasteiger partial charge < -0.3 is 9.80 Å². The molecule has 0 unspecified atom stereocenters. The summed E-state index contributed by atoms with van der Waals surface area (Å²) in [5.41, 5.74) is 1.68. The molecule has 0 bridgehead atoms. The summed E-state index contributed by atoms with van der Waals surface area (Å²) in [6, 6.07) is 5.11. The lowest BCUT2D eigenvalue weighted by molar-refractivity contribution is -0.384. The van der Waals surface area contributed by atoms with Crippen molar-refractivity contribution < 1.29 is 9.72 Å². The molecule has 0 spiro atoms. The summed E-state index contributed by atoms with van der Waals surface area (Å²) in [7, 11) is 5.35. The molecule has 1 aromatic heterocycles. The fourth-order valence-electron chi connectivity index (χ4n) is 3.59. The molecule has 1 aliphatic carbocycles. The molecule has 1 saturated carbocycles. The number of imidazole rings is 1. The van der Waals surface area contributed by atoms with Gasteiger partial charge in [0, 0.05) is 45.0 Å². The molecule has 0 N–H and O–H groups in total. The molecule has 0 radical (unpaired) electrons. The number of amides is 1. The molecule has 3 rings (SSSR count). The van der Waals surface area contributed by atoms with E-state index in [0.29, 0.717) is 16.9 Å². The van der Waals surface area contributed by atoms with Crippen molar-refractivity contribution in [2.24, 2.45) is 0 Å². The van der Waals surface area contributed by atoms with Crippen LogP contribution in [0.15, 0.2) is 30.7 Å². The number of carbonyl (C=O) groups excluding carboxylic acids is 1. The highest BCUT2D eigenvalue weighted by Gasteiger charge is 2.24. The van der Waals surface area contributed by atoms with Crippen molar-refractivity contribution in [2.45, 2.75) is 38.1 Å². The second-order valence-electron chi connectivity index (χ2n) is 7.21. The van der Waals surface area contributed by atoms with E-state index < -0.39 is 4.92 Å². The quantitative estimate of drug-likeness (QED) is 0.603. The number of benzene rings is 1. The lowest BCUT2D eigenvalue weighted by Crippen LogP contribution is -2.40. The third kappa shape index (κ3) is 3.94. The third-order valence-corrected chi connectivity index (χ3v) is 5.18. The standard InChI is InChI=1S/C19H25N5O3/c1-21(2)17-10-9-14(11-18(17)24(26)27)16-12-23(13-20-16)19(25)22(3)15-7-5-4-6-8-15/h9-13,15H,4-8H2,1-3H3. The van der Waals surface area contributed by atoms with Gasteiger partial charge >= 0.3 is 6.03 Å². The summed E-state index contributed by atoms with van der Waals surface area (Å²) in [4.78, 5) is 31.5. The molecule has 8 nitrogen and oxygen atoms in total. The van der Waals surface area contributed by atoms with Crippen molar-refractivity contribution in [3.8, 4) is 11.3 Å². The Bertz CT molecular complexity index is 840. The van der Waals surface area contributed by atoms with E-state index in [1.54, 1.807) is 42.2 Å². The molecule has 1 heterocycles. The van der Waals surface area contributed by atoms with Crippen LogP contribution in [-0.2, 0) is 0 Å². The van der Waals surface area contributed by atoms with Gasteiger partial charge in [-0.3, -0.25) is 14.7 Å². The molecule has 27 heavy (non-hydrogen) atoms. The Morgan fingerprint density at radius 3 is 2.56 bits per heavy atom. The van der Waals surface area contributed by atoms with Crippen LogP contribution < -0.4 is 4.90 Å². The minimum atomic E-state index is -0.405. The maximum absolute atomic E-state index is 12.7. The van der Waals surface area contributed by atoms with Gasteiger partial charge in [0.25, 0.3) is 5.69 Å². The van der Waals surface area contributed by atoms with E-state index in [-0.39, 0.29) is 17.8 Å². The molecule has 0 saturated heterocycles. The van der Waals surface area contributed by atoms with E-state index in [1.807, 2.05) is 7.05 Å². The number of hydrogen-bond donors (Lipinski definition) is 0. The fraction of sp³-hybridized carbons (Fsp3) is 0.474. The Labute approximate surface area is 158 Å². The first-order valence-electron chi connectivity index (χ1n) is 9.15. The molecule has 8 heteroatoms. The second-order valence-corrected chi connectivity index (χ2v) is 7.21. The highest BCUT2D eigenvalue weighted by molar-refractivity contribution is 5.79. The van der Waals surface area contributed by atoms with Crippen molar-refractivity contribution in [1.82, 2.24) is 14.5 Å². The Kier molecular flexibility index (Phi) is 5.43. The Balaban J connectivity index is 1.84. The van der Waals surface area contributed by atoms with Gasteiger partial charge in [-0.25, -0.2) is 9.78 Å². The van der Waals surface area contributed by atoms with Gasteiger partial charge in [-0.15, -0.1) is 0 Å². The molecule has 2 aromatic rings. The number of rotatable bonds is 4. The number of aromatic nitrogens is 2. The van der Waals surface area contributed by atoms with Crippen LogP contribution in [0.4, 0.5) is 16.2 Å². The average molecular weight is 371 g/mol. The molecular formula is C19H25N5O3. The summed E-state index contributed by atoms with van der Waals surface area (Å²) in [6.07, 6.45) is 8.71. The lowest BCUT2D eigenvalue weighted by atomic mass is 9.95. The van der Waals surface area contributed by atoms with Crippen molar-refractivity contribution in [3.63, 3.8) is 0 Å². The Morgan fingerprint density at radius 1 is 1.22 bits per heavy atom. The first kappa shape index (κ1) is 18.9. The van der Waals surface area contributed by atoms with Crippen molar-refractivity contribution in [2.75, 3.05) is 26.0 Å². The number of hydrogen-bond acceptors (Lipinski definition) is 5. The summed E-state index contributed by atoms with van der Waals surface area (Å²) in [5, 5.41) is 11.4. The molecule has 0 atom stereocenters.